The van der Waals surface area contributed by atoms with Gasteiger partial charge < -0.3 is 4.74 Å². The highest BCUT2D eigenvalue weighted by molar-refractivity contribution is 5.74. The number of carbonyl (C=O) groups excluding carboxylic acids is 1. The quantitative estimate of drug-likeness (QED) is 0.672. The Balaban J connectivity index is 2.03. The molecule has 1 fully saturated rings. The molecule has 14 heavy (non-hydrogen) atoms. The van der Waals surface area contributed by atoms with Crippen LogP contribution >= 0.6 is 0 Å². The molecule has 2 nitrogen and oxygen atoms in total. The summed E-state index contributed by atoms with van der Waals surface area (Å²) in [5.41, 5.74) is 0.982. The highest BCUT2D eigenvalue weighted by Crippen LogP contribution is 2.19. The summed E-state index contributed by atoms with van der Waals surface area (Å²) in [6.07, 6.45) is 1.43. The fraction of sp³-hybridized carbons (Fsp3) is 0.364. The van der Waals surface area contributed by atoms with E-state index in [4.69, 9.17) is 4.74 Å². The summed E-state index contributed by atoms with van der Waals surface area (Å²) in [4.78, 5) is 11.1. The topological polar surface area (TPSA) is 26.3 Å². The average Bonchev–Trinajstić information content (AvgIpc) is 2.56. The Hall–Kier alpha value is -1.38. The van der Waals surface area contributed by atoms with Crippen molar-refractivity contribution in [1.82, 2.24) is 0 Å². The molecule has 0 saturated carbocycles. The Morgan fingerprint density at radius 3 is 2.64 bits per heavy atom. The van der Waals surface area contributed by atoms with Crippen LogP contribution in [0.2, 0.25) is 0 Å². The Morgan fingerprint density at radius 2 is 2.07 bits per heavy atom. The normalized spacial score (nSPS) is 20.9. The summed E-state index contributed by atoms with van der Waals surface area (Å²) in [6, 6.07) is 6.24. The highest BCUT2D eigenvalue weighted by Gasteiger charge is 2.26. The first-order valence-corrected chi connectivity index (χ1v) is 4.67. The summed E-state index contributed by atoms with van der Waals surface area (Å²) >= 11 is 0. The van der Waals surface area contributed by atoms with Gasteiger partial charge in [-0.2, -0.15) is 0 Å². The first-order chi connectivity index (χ1) is 6.75. The number of halogens is 1. The number of benzene rings is 1. The molecular weight excluding hydrogens is 183 g/mol. The van der Waals surface area contributed by atoms with Crippen molar-refractivity contribution in [3.63, 3.8) is 0 Å². The summed E-state index contributed by atoms with van der Waals surface area (Å²) in [6.45, 7) is 0.519. The molecular formula is C11H11FO2. The van der Waals surface area contributed by atoms with Crippen LogP contribution in [-0.4, -0.2) is 12.6 Å². The molecule has 0 aromatic heterocycles. The van der Waals surface area contributed by atoms with Crippen molar-refractivity contribution >= 4 is 5.97 Å². The van der Waals surface area contributed by atoms with E-state index in [1.54, 1.807) is 12.1 Å². The Kier molecular flexibility index (Phi) is 2.48. The third-order valence-electron chi connectivity index (χ3n) is 2.44. The third kappa shape index (κ3) is 1.92. The van der Waals surface area contributed by atoms with Crippen molar-refractivity contribution in [2.45, 2.75) is 12.8 Å². The van der Waals surface area contributed by atoms with Crippen LogP contribution in [0, 0.1) is 11.7 Å². The molecule has 0 N–H and O–H groups in total. The van der Waals surface area contributed by atoms with E-state index in [0.29, 0.717) is 13.0 Å². The summed E-state index contributed by atoms with van der Waals surface area (Å²) < 4.78 is 17.4. The van der Waals surface area contributed by atoms with Crippen LogP contribution < -0.4 is 0 Å². The molecule has 1 saturated heterocycles. The molecule has 1 aliphatic rings. The van der Waals surface area contributed by atoms with Gasteiger partial charge in [-0.05, 0) is 30.5 Å². The minimum Gasteiger partial charge on any atom is -0.465 e. The SMILES string of the molecule is O=C1OCCC1Cc1ccc(F)cc1. The van der Waals surface area contributed by atoms with Gasteiger partial charge in [0.1, 0.15) is 5.82 Å². The lowest BCUT2D eigenvalue weighted by Crippen LogP contribution is -2.10. The number of hydrogen-bond donors (Lipinski definition) is 0. The molecule has 0 aliphatic carbocycles. The van der Waals surface area contributed by atoms with Gasteiger partial charge in [-0.1, -0.05) is 12.1 Å². The Bertz CT molecular complexity index is 332. The van der Waals surface area contributed by atoms with Crippen LogP contribution in [-0.2, 0) is 16.0 Å². The maximum Gasteiger partial charge on any atom is 0.309 e. The van der Waals surface area contributed by atoms with Crippen molar-refractivity contribution in [3.8, 4) is 0 Å². The van der Waals surface area contributed by atoms with Crippen molar-refractivity contribution in [3.05, 3.63) is 35.6 Å². The predicted octanol–water partition coefficient (Wildman–Crippen LogP) is 1.93. The van der Waals surface area contributed by atoms with Gasteiger partial charge in [0.15, 0.2) is 0 Å². The summed E-state index contributed by atoms with van der Waals surface area (Å²) in [7, 11) is 0. The van der Waals surface area contributed by atoms with E-state index in [1.807, 2.05) is 0 Å². The van der Waals surface area contributed by atoms with E-state index in [-0.39, 0.29) is 17.7 Å². The lowest BCUT2D eigenvalue weighted by Gasteiger charge is -2.04. The van der Waals surface area contributed by atoms with Crippen LogP contribution in [0.25, 0.3) is 0 Å². The molecule has 1 aromatic carbocycles. The van der Waals surface area contributed by atoms with Gasteiger partial charge in [0.25, 0.3) is 0 Å². The minimum absolute atomic E-state index is 0.0412. The van der Waals surface area contributed by atoms with Gasteiger partial charge in [0.05, 0.1) is 12.5 Å². The van der Waals surface area contributed by atoms with Crippen molar-refractivity contribution in [2.75, 3.05) is 6.61 Å². The molecule has 2 rings (SSSR count). The zero-order valence-corrected chi connectivity index (χ0v) is 7.70. The number of esters is 1. The zero-order chi connectivity index (χ0) is 9.97. The predicted molar refractivity (Wildman–Crippen MR) is 49.2 cm³/mol. The number of ether oxygens (including phenoxy) is 1. The average molecular weight is 194 g/mol. The standard InChI is InChI=1S/C11H11FO2/c12-10-3-1-8(2-4-10)7-9-5-6-14-11(9)13/h1-4,9H,5-7H2. The van der Waals surface area contributed by atoms with Gasteiger partial charge in [-0.25, -0.2) is 4.39 Å². The molecule has 1 unspecified atom stereocenters. The molecule has 1 aromatic rings. The number of hydrogen-bond acceptors (Lipinski definition) is 2. The van der Waals surface area contributed by atoms with Gasteiger partial charge in [-0.3, -0.25) is 4.79 Å². The van der Waals surface area contributed by atoms with Crippen molar-refractivity contribution < 1.29 is 13.9 Å². The van der Waals surface area contributed by atoms with Crippen molar-refractivity contribution in [2.24, 2.45) is 5.92 Å². The minimum atomic E-state index is -0.247. The van der Waals surface area contributed by atoms with Gasteiger partial charge in [0.2, 0.25) is 0 Å². The number of cyclic esters (lactones) is 1. The molecule has 74 valence electrons. The Labute approximate surface area is 81.7 Å². The number of rotatable bonds is 2. The van der Waals surface area contributed by atoms with E-state index >= 15 is 0 Å². The van der Waals surface area contributed by atoms with Crippen LogP contribution in [0.1, 0.15) is 12.0 Å². The zero-order valence-electron chi connectivity index (χ0n) is 7.70. The molecule has 0 bridgehead atoms. The first kappa shape index (κ1) is 9.19. The second-order valence-electron chi connectivity index (χ2n) is 3.48. The monoisotopic (exact) mass is 194 g/mol. The van der Waals surface area contributed by atoms with Crippen LogP contribution in [0.3, 0.4) is 0 Å². The first-order valence-electron chi connectivity index (χ1n) is 4.67. The van der Waals surface area contributed by atoms with E-state index in [0.717, 1.165) is 12.0 Å². The molecule has 0 amide bonds. The van der Waals surface area contributed by atoms with Gasteiger partial charge >= 0.3 is 5.97 Å². The summed E-state index contributed by atoms with van der Waals surface area (Å²) in [5, 5.41) is 0. The van der Waals surface area contributed by atoms with E-state index in [9.17, 15) is 9.18 Å². The molecule has 0 radical (unpaired) electrons. The van der Waals surface area contributed by atoms with Crippen LogP contribution in [0.15, 0.2) is 24.3 Å². The molecule has 1 aliphatic heterocycles. The Morgan fingerprint density at radius 1 is 1.36 bits per heavy atom. The second kappa shape index (κ2) is 3.78. The van der Waals surface area contributed by atoms with Gasteiger partial charge in [0, 0.05) is 0 Å². The van der Waals surface area contributed by atoms with Crippen LogP contribution in [0.4, 0.5) is 4.39 Å². The van der Waals surface area contributed by atoms with E-state index < -0.39 is 0 Å². The second-order valence-corrected chi connectivity index (χ2v) is 3.48. The summed E-state index contributed by atoms with van der Waals surface area (Å²) in [5.74, 6) is -0.419. The molecule has 1 atom stereocenters. The lowest BCUT2D eigenvalue weighted by atomic mass is 9.98. The van der Waals surface area contributed by atoms with Crippen LogP contribution in [0.5, 0.6) is 0 Å². The maximum absolute atomic E-state index is 12.6. The highest BCUT2D eigenvalue weighted by atomic mass is 19.1. The fourth-order valence-corrected chi connectivity index (χ4v) is 1.63. The van der Waals surface area contributed by atoms with Gasteiger partial charge in [-0.15, -0.1) is 0 Å². The molecule has 0 spiro atoms. The lowest BCUT2D eigenvalue weighted by molar-refractivity contribution is -0.141. The largest absolute Gasteiger partial charge is 0.465 e. The third-order valence-corrected chi connectivity index (χ3v) is 2.44. The van der Waals surface area contributed by atoms with Crippen molar-refractivity contribution in [1.29, 1.82) is 0 Å². The number of carbonyl (C=O) groups is 1. The maximum atomic E-state index is 12.6. The molecule has 3 heteroatoms. The van der Waals surface area contributed by atoms with E-state index in [2.05, 4.69) is 0 Å². The van der Waals surface area contributed by atoms with E-state index in [1.165, 1.54) is 12.1 Å². The fourth-order valence-electron chi connectivity index (χ4n) is 1.63. The smallest absolute Gasteiger partial charge is 0.309 e. The molecule has 1 heterocycles.